The van der Waals surface area contributed by atoms with Crippen molar-refractivity contribution in [1.82, 2.24) is 14.9 Å². The Bertz CT molecular complexity index is 1090. The molecule has 2 aromatic heterocycles. The number of aromatic nitrogens is 2. The van der Waals surface area contributed by atoms with Crippen molar-refractivity contribution < 1.29 is 24.1 Å². The van der Waals surface area contributed by atoms with Crippen LogP contribution < -0.4 is 4.90 Å². The van der Waals surface area contributed by atoms with Crippen molar-refractivity contribution in [2.75, 3.05) is 57.5 Å². The number of aromatic amines is 1. The summed E-state index contributed by atoms with van der Waals surface area (Å²) >= 11 is 0. The Morgan fingerprint density at radius 2 is 1.85 bits per heavy atom. The van der Waals surface area contributed by atoms with Crippen LogP contribution in [0.15, 0.2) is 48.7 Å². The van der Waals surface area contributed by atoms with Gasteiger partial charge in [0.15, 0.2) is 6.10 Å². The van der Waals surface area contributed by atoms with Crippen molar-refractivity contribution in [1.29, 1.82) is 0 Å². The largest absolute Gasteiger partial charge is 0.441 e. The van der Waals surface area contributed by atoms with Gasteiger partial charge in [-0.1, -0.05) is 30.3 Å². The third-order valence-electron chi connectivity index (χ3n) is 6.25. The van der Waals surface area contributed by atoms with Crippen LogP contribution in [-0.4, -0.2) is 90.9 Å². The van der Waals surface area contributed by atoms with Crippen LogP contribution in [0.1, 0.15) is 6.42 Å². The van der Waals surface area contributed by atoms with Crippen LogP contribution in [0, 0.1) is 0 Å². The summed E-state index contributed by atoms with van der Waals surface area (Å²) in [5.41, 5.74) is 4.21. The first kappa shape index (κ1) is 22.6. The highest BCUT2D eigenvalue weighted by Gasteiger charge is 2.28. The highest BCUT2D eigenvalue weighted by molar-refractivity contribution is 5.93. The molecule has 1 aromatic carbocycles. The number of amides is 1. The number of piperazine rings is 1. The SMILES string of the molecule is O=C(OC1COC1)N1CCN(c2ccnc3[nH]c(-c4ccccc4)cc23)CC1.OC1CCOC1. The Morgan fingerprint density at radius 1 is 1.06 bits per heavy atom. The summed E-state index contributed by atoms with van der Waals surface area (Å²) in [4.78, 5) is 24.2. The van der Waals surface area contributed by atoms with Gasteiger partial charge in [-0.15, -0.1) is 0 Å². The summed E-state index contributed by atoms with van der Waals surface area (Å²) in [5, 5.41) is 9.71. The van der Waals surface area contributed by atoms with Crippen LogP contribution in [0.5, 0.6) is 0 Å². The fourth-order valence-corrected chi connectivity index (χ4v) is 4.21. The number of carbonyl (C=O) groups excluding carboxylic acids is 1. The minimum absolute atomic E-state index is 0.0818. The average molecular weight is 467 g/mol. The van der Waals surface area contributed by atoms with E-state index in [0.717, 1.165) is 54.1 Å². The van der Waals surface area contributed by atoms with E-state index >= 15 is 0 Å². The predicted molar refractivity (Wildman–Crippen MR) is 128 cm³/mol. The Morgan fingerprint density at radius 3 is 2.47 bits per heavy atom. The van der Waals surface area contributed by atoms with Gasteiger partial charge in [-0.2, -0.15) is 0 Å². The van der Waals surface area contributed by atoms with E-state index in [-0.39, 0.29) is 18.3 Å². The van der Waals surface area contributed by atoms with Gasteiger partial charge in [0.25, 0.3) is 0 Å². The first-order valence-corrected chi connectivity index (χ1v) is 11.7. The lowest BCUT2D eigenvalue weighted by Gasteiger charge is -2.37. The van der Waals surface area contributed by atoms with Crippen molar-refractivity contribution in [2.24, 2.45) is 0 Å². The lowest BCUT2D eigenvalue weighted by atomic mass is 10.1. The van der Waals surface area contributed by atoms with Gasteiger partial charge in [-0.25, -0.2) is 9.78 Å². The number of nitrogens with zero attached hydrogens (tertiary/aromatic N) is 3. The molecule has 0 aliphatic carbocycles. The molecule has 1 atom stereocenters. The van der Waals surface area contributed by atoms with Crippen LogP contribution >= 0.6 is 0 Å². The Hall–Kier alpha value is -3.14. The molecule has 0 radical (unpaired) electrons. The van der Waals surface area contributed by atoms with Crippen LogP contribution in [0.3, 0.4) is 0 Å². The first-order valence-electron chi connectivity index (χ1n) is 11.7. The lowest BCUT2D eigenvalue weighted by molar-refractivity contribution is -0.104. The van der Waals surface area contributed by atoms with Crippen LogP contribution in [0.4, 0.5) is 10.5 Å². The molecule has 1 unspecified atom stereocenters. The highest BCUT2D eigenvalue weighted by Crippen LogP contribution is 2.30. The summed E-state index contributed by atoms with van der Waals surface area (Å²) in [7, 11) is 0. The van der Waals surface area contributed by atoms with Gasteiger partial charge < -0.3 is 34.1 Å². The number of hydrogen-bond donors (Lipinski definition) is 2. The standard InChI is InChI=1S/C21H22N4O3.C4H8O2/c26-21(28-16-13-27-14-16)25-10-8-24(9-11-25)19-6-7-22-20-17(19)12-18(23-20)15-4-2-1-3-5-15;5-4-1-2-6-3-4/h1-7,12,16H,8-11,13-14H2,(H,22,23);4-5H,1-3H2. The quantitative estimate of drug-likeness (QED) is 0.612. The Balaban J connectivity index is 0.000000351. The monoisotopic (exact) mass is 466 g/mol. The Kier molecular flexibility index (Phi) is 6.94. The minimum Gasteiger partial charge on any atom is -0.441 e. The molecular weight excluding hydrogens is 436 g/mol. The van der Waals surface area contributed by atoms with Crippen LogP contribution in [0.2, 0.25) is 0 Å². The number of fused-ring (bicyclic) bond motifs is 1. The summed E-state index contributed by atoms with van der Waals surface area (Å²) in [6, 6.07) is 14.4. The van der Waals surface area contributed by atoms with Crippen molar-refractivity contribution in [3.8, 4) is 11.3 Å². The van der Waals surface area contributed by atoms with E-state index in [4.69, 9.17) is 19.3 Å². The second-order valence-corrected chi connectivity index (χ2v) is 8.68. The molecule has 9 nitrogen and oxygen atoms in total. The Labute approximate surface area is 198 Å². The van der Waals surface area contributed by atoms with E-state index in [2.05, 4.69) is 33.1 Å². The molecule has 2 N–H and O–H groups in total. The van der Waals surface area contributed by atoms with Crippen molar-refractivity contribution in [3.05, 3.63) is 48.7 Å². The van der Waals surface area contributed by atoms with Gasteiger partial charge in [0.1, 0.15) is 5.65 Å². The molecular formula is C25H30N4O5. The van der Waals surface area contributed by atoms with Crippen LogP contribution in [0.25, 0.3) is 22.3 Å². The van der Waals surface area contributed by atoms with Gasteiger partial charge >= 0.3 is 6.09 Å². The third kappa shape index (κ3) is 5.16. The molecule has 9 heteroatoms. The molecule has 0 spiro atoms. The number of carbonyl (C=O) groups is 1. The molecule has 3 fully saturated rings. The zero-order chi connectivity index (χ0) is 23.3. The van der Waals surface area contributed by atoms with E-state index < -0.39 is 0 Å². The zero-order valence-corrected chi connectivity index (χ0v) is 19.1. The van der Waals surface area contributed by atoms with Gasteiger partial charge in [0.2, 0.25) is 0 Å². The molecule has 3 aliphatic rings. The third-order valence-corrected chi connectivity index (χ3v) is 6.25. The van der Waals surface area contributed by atoms with E-state index in [9.17, 15) is 4.79 Å². The van der Waals surface area contributed by atoms with E-state index in [1.807, 2.05) is 30.5 Å². The van der Waals surface area contributed by atoms with Gasteiger partial charge in [-0.05, 0) is 24.1 Å². The number of H-pyrrole nitrogens is 1. The molecule has 34 heavy (non-hydrogen) atoms. The van der Waals surface area contributed by atoms with Crippen molar-refractivity contribution in [2.45, 2.75) is 18.6 Å². The summed E-state index contributed by atoms with van der Waals surface area (Å²) < 4.78 is 15.3. The molecule has 0 bridgehead atoms. The number of nitrogens with one attached hydrogen (secondary N) is 1. The van der Waals surface area contributed by atoms with Gasteiger partial charge in [-0.3, -0.25) is 0 Å². The predicted octanol–water partition coefficient (Wildman–Crippen LogP) is 2.65. The average Bonchev–Trinajstić information content (AvgIpc) is 3.51. The van der Waals surface area contributed by atoms with E-state index in [1.165, 1.54) is 0 Å². The number of benzene rings is 1. The number of rotatable bonds is 3. The maximum atomic E-state index is 12.2. The normalized spacial score (nSPS) is 20.6. The number of aliphatic hydroxyl groups excluding tert-OH is 1. The maximum Gasteiger partial charge on any atom is 0.410 e. The fraction of sp³-hybridized carbons (Fsp3) is 0.440. The van der Waals surface area contributed by atoms with E-state index in [1.54, 1.807) is 4.90 Å². The lowest BCUT2D eigenvalue weighted by Crippen LogP contribution is -2.51. The molecule has 6 rings (SSSR count). The molecule has 3 saturated heterocycles. The molecule has 5 heterocycles. The van der Waals surface area contributed by atoms with Crippen molar-refractivity contribution >= 4 is 22.8 Å². The molecule has 0 saturated carbocycles. The molecule has 3 aliphatic heterocycles. The number of hydrogen-bond acceptors (Lipinski definition) is 7. The fourth-order valence-electron chi connectivity index (χ4n) is 4.21. The molecule has 1 amide bonds. The van der Waals surface area contributed by atoms with Gasteiger partial charge in [0, 0.05) is 55.8 Å². The van der Waals surface area contributed by atoms with Crippen molar-refractivity contribution in [3.63, 3.8) is 0 Å². The summed E-state index contributed by atoms with van der Waals surface area (Å²) in [6.45, 7) is 5.12. The molecule has 180 valence electrons. The van der Waals surface area contributed by atoms with Gasteiger partial charge in [0.05, 0.1) is 25.9 Å². The highest BCUT2D eigenvalue weighted by atomic mass is 16.6. The summed E-state index contributed by atoms with van der Waals surface area (Å²) in [5.74, 6) is 0. The zero-order valence-electron chi connectivity index (χ0n) is 19.1. The van der Waals surface area contributed by atoms with Crippen LogP contribution in [-0.2, 0) is 14.2 Å². The number of pyridine rings is 1. The first-order chi connectivity index (χ1) is 16.7. The van der Waals surface area contributed by atoms with E-state index in [0.29, 0.717) is 32.9 Å². The second-order valence-electron chi connectivity index (χ2n) is 8.68. The number of ether oxygens (including phenoxy) is 3. The molecule has 3 aromatic rings. The topological polar surface area (TPSA) is 100 Å². The maximum absolute atomic E-state index is 12.2. The second kappa shape index (κ2) is 10.4. The number of anilines is 1. The summed E-state index contributed by atoms with van der Waals surface area (Å²) in [6.07, 6.45) is 2.16. The smallest absolute Gasteiger partial charge is 0.410 e. The number of aliphatic hydroxyl groups is 1. The minimum atomic E-state index is -0.235.